The van der Waals surface area contributed by atoms with E-state index in [1.807, 2.05) is 6.20 Å². The fourth-order valence-corrected chi connectivity index (χ4v) is 2.46. The third-order valence-corrected chi connectivity index (χ3v) is 3.53. The summed E-state index contributed by atoms with van der Waals surface area (Å²) in [6, 6.07) is 5.20. The lowest BCUT2D eigenvalue weighted by Gasteiger charge is -2.22. The van der Waals surface area contributed by atoms with Gasteiger partial charge in [-0.15, -0.1) is 0 Å². The molecule has 1 aliphatic rings. The number of H-pyrrole nitrogens is 1. The first kappa shape index (κ1) is 10.9. The first-order valence-electron chi connectivity index (χ1n) is 5.35. The van der Waals surface area contributed by atoms with E-state index < -0.39 is 6.10 Å². The molecule has 0 saturated carbocycles. The Morgan fingerprint density at radius 1 is 1.47 bits per heavy atom. The zero-order chi connectivity index (χ0) is 11.8. The summed E-state index contributed by atoms with van der Waals surface area (Å²) in [6.07, 6.45) is 2.25. The number of rotatable bonds is 1. The topological polar surface area (TPSA) is 37.9 Å². The number of benzene rings is 1. The van der Waals surface area contributed by atoms with E-state index in [1.54, 1.807) is 18.2 Å². The number of hydrogen-bond acceptors (Lipinski definition) is 2. The van der Waals surface area contributed by atoms with Crippen LogP contribution in [0.5, 0.6) is 0 Å². The highest BCUT2D eigenvalue weighted by atomic mass is 79.9. The van der Waals surface area contributed by atoms with Crippen molar-refractivity contribution in [2.45, 2.75) is 12.5 Å². The standard InChI is InChI=1S/C12H10BrFN2O/c13-9-3-1-2-8(10(9)14)12-11-7(4-5-17-12)6-15-16-11/h1-3,6,12H,4-5H2,(H,15,16). The number of hydrogen-bond donors (Lipinski definition) is 1. The first-order chi connectivity index (χ1) is 8.27. The van der Waals surface area contributed by atoms with Gasteiger partial charge in [0.2, 0.25) is 0 Å². The maximum absolute atomic E-state index is 14.0. The van der Waals surface area contributed by atoms with Crippen LogP contribution < -0.4 is 0 Å². The second-order valence-electron chi connectivity index (χ2n) is 3.94. The summed E-state index contributed by atoms with van der Waals surface area (Å²) in [6.45, 7) is 0.586. The minimum atomic E-state index is -0.414. The van der Waals surface area contributed by atoms with E-state index in [2.05, 4.69) is 26.1 Å². The Hall–Kier alpha value is -1.20. The molecule has 2 heterocycles. The molecule has 1 atom stereocenters. The maximum atomic E-state index is 14.0. The van der Waals surface area contributed by atoms with Gasteiger partial charge in [-0.05, 0) is 34.0 Å². The summed E-state index contributed by atoms with van der Waals surface area (Å²) in [7, 11) is 0. The molecule has 1 aromatic heterocycles. The van der Waals surface area contributed by atoms with Crippen molar-refractivity contribution in [1.82, 2.24) is 10.2 Å². The van der Waals surface area contributed by atoms with E-state index in [0.29, 0.717) is 16.6 Å². The van der Waals surface area contributed by atoms with E-state index in [0.717, 1.165) is 17.7 Å². The van der Waals surface area contributed by atoms with Crippen molar-refractivity contribution in [3.05, 3.63) is 51.5 Å². The van der Waals surface area contributed by atoms with Crippen LogP contribution in [0.15, 0.2) is 28.9 Å². The van der Waals surface area contributed by atoms with Crippen LogP contribution >= 0.6 is 15.9 Å². The summed E-state index contributed by atoms with van der Waals surface area (Å²) in [5.74, 6) is -0.284. The van der Waals surface area contributed by atoms with Crippen LogP contribution in [-0.2, 0) is 11.2 Å². The predicted molar refractivity (Wildman–Crippen MR) is 64.2 cm³/mol. The first-order valence-corrected chi connectivity index (χ1v) is 6.14. The highest BCUT2D eigenvalue weighted by Crippen LogP contribution is 2.34. The molecule has 17 heavy (non-hydrogen) atoms. The zero-order valence-electron chi connectivity index (χ0n) is 8.91. The molecule has 0 bridgehead atoms. The number of ether oxygens (including phenoxy) is 1. The van der Waals surface area contributed by atoms with Gasteiger partial charge in [-0.2, -0.15) is 5.10 Å². The van der Waals surface area contributed by atoms with Gasteiger partial charge >= 0.3 is 0 Å². The van der Waals surface area contributed by atoms with Crippen molar-refractivity contribution in [2.75, 3.05) is 6.61 Å². The lowest BCUT2D eigenvalue weighted by molar-refractivity contribution is 0.0646. The maximum Gasteiger partial charge on any atom is 0.143 e. The van der Waals surface area contributed by atoms with E-state index in [-0.39, 0.29) is 5.82 Å². The Kier molecular flexibility index (Phi) is 2.72. The molecular formula is C12H10BrFN2O. The van der Waals surface area contributed by atoms with Crippen molar-refractivity contribution >= 4 is 15.9 Å². The molecule has 0 amide bonds. The van der Waals surface area contributed by atoms with Gasteiger partial charge in [0.1, 0.15) is 11.9 Å². The Morgan fingerprint density at radius 3 is 3.24 bits per heavy atom. The van der Waals surface area contributed by atoms with Gasteiger partial charge in [-0.1, -0.05) is 12.1 Å². The third-order valence-electron chi connectivity index (χ3n) is 2.92. The van der Waals surface area contributed by atoms with E-state index in [1.165, 1.54) is 0 Å². The molecule has 3 nitrogen and oxygen atoms in total. The number of aromatic nitrogens is 2. The summed E-state index contributed by atoms with van der Waals surface area (Å²) in [5, 5.41) is 6.96. The van der Waals surface area contributed by atoms with Crippen molar-refractivity contribution in [3.8, 4) is 0 Å². The smallest absolute Gasteiger partial charge is 0.143 e. The number of nitrogens with zero attached hydrogens (tertiary/aromatic N) is 1. The molecule has 0 fully saturated rings. The average molecular weight is 297 g/mol. The van der Waals surface area contributed by atoms with Crippen LogP contribution in [0.3, 0.4) is 0 Å². The summed E-state index contributed by atoms with van der Waals surface area (Å²) in [5.41, 5.74) is 2.40. The Balaban J connectivity index is 2.10. The Morgan fingerprint density at radius 2 is 2.35 bits per heavy atom. The van der Waals surface area contributed by atoms with E-state index >= 15 is 0 Å². The zero-order valence-corrected chi connectivity index (χ0v) is 10.5. The number of fused-ring (bicyclic) bond motifs is 1. The van der Waals surface area contributed by atoms with Crippen LogP contribution in [-0.4, -0.2) is 16.8 Å². The molecule has 0 radical (unpaired) electrons. The summed E-state index contributed by atoms with van der Waals surface area (Å²) in [4.78, 5) is 0. The minimum absolute atomic E-state index is 0.284. The van der Waals surface area contributed by atoms with Gasteiger partial charge in [0.15, 0.2) is 0 Å². The lowest BCUT2D eigenvalue weighted by atomic mass is 9.99. The largest absolute Gasteiger partial charge is 0.367 e. The summed E-state index contributed by atoms with van der Waals surface area (Å²) >= 11 is 3.18. The fourth-order valence-electron chi connectivity index (χ4n) is 2.08. The van der Waals surface area contributed by atoms with Crippen LogP contribution in [0.1, 0.15) is 22.9 Å². The predicted octanol–water partition coefficient (Wildman–Crippen LogP) is 2.97. The SMILES string of the molecule is Fc1c(Br)cccc1C1OCCc2c[nH]nc21. The molecule has 0 aliphatic carbocycles. The molecule has 2 aromatic rings. The second kappa shape index (κ2) is 4.23. The van der Waals surface area contributed by atoms with Crippen LogP contribution in [0.4, 0.5) is 4.39 Å². The molecule has 88 valence electrons. The van der Waals surface area contributed by atoms with Gasteiger partial charge in [0, 0.05) is 11.8 Å². The van der Waals surface area contributed by atoms with Gasteiger partial charge in [-0.25, -0.2) is 4.39 Å². The van der Waals surface area contributed by atoms with Gasteiger partial charge in [0.25, 0.3) is 0 Å². The minimum Gasteiger partial charge on any atom is -0.367 e. The number of halogens is 2. The molecular weight excluding hydrogens is 287 g/mol. The van der Waals surface area contributed by atoms with Crippen molar-refractivity contribution < 1.29 is 9.13 Å². The van der Waals surface area contributed by atoms with E-state index in [4.69, 9.17) is 4.74 Å². The highest BCUT2D eigenvalue weighted by Gasteiger charge is 2.27. The third kappa shape index (κ3) is 1.79. The quantitative estimate of drug-likeness (QED) is 0.878. The molecule has 0 spiro atoms. The number of nitrogens with one attached hydrogen (secondary N) is 1. The van der Waals surface area contributed by atoms with Crippen LogP contribution in [0.2, 0.25) is 0 Å². The molecule has 1 aromatic carbocycles. The van der Waals surface area contributed by atoms with Crippen molar-refractivity contribution in [2.24, 2.45) is 0 Å². The molecule has 0 saturated heterocycles. The van der Waals surface area contributed by atoms with Crippen LogP contribution in [0.25, 0.3) is 0 Å². The monoisotopic (exact) mass is 296 g/mol. The Labute approximate surface area is 106 Å². The molecule has 5 heteroatoms. The van der Waals surface area contributed by atoms with Gasteiger partial charge in [-0.3, -0.25) is 5.10 Å². The fraction of sp³-hybridized carbons (Fsp3) is 0.250. The summed E-state index contributed by atoms with van der Waals surface area (Å²) < 4.78 is 20.1. The molecule has 1 N–H and O–H groups in total. The highest BCUT2D eigenvalue weighted by molar-refractivity contribution is 9.10. The molecule has 1 unspecified atom stereocenters. The van der Waals surface area contributed by atoms with E-state index in [9.17, 15) is 4.39 Å². The average Bonchev–Trinajstić information content (AvgIpc) is 2.81. The Bertz CT molecular complexity index is 555. The number of aromatic amines is 1. The van der Waals surface area contributed by atoms with Crippen molar-refractivity contribution in [3.63, 3.8) is 0 Å². The molecule has 1 aliphatic heterocycles. The normalized spacial score (nSPS) is 19.1. The lowest BCUT2D eigenvalue weighted by Crippen LogP contribution is -2.17. The van der Waals surface area contributed by atoms with Crippen molar-refractivity contribution in [1.29, 1.82) is 0 Å². The molecule has 3 rings (SSSR count). The second-order valence-corrected chi connectivity index (χ2v) is 4.79. The van der Waals surface area contributed by atoms with Gasteiger partial charge < -0.3 is 4.74 Å². The van der Waals surface area contributed by atoms with Crippen LogP contribution in [0, 0.1) is 5.82 Å². The van der Waals surface area contributed by atoms with Gasteiger partial charge in [0.05, 0.1) is 16.8 Å².